The van der Waals surface area contributed by atoms with Crippen LogP contribution in [0, 0.1) is 6.92 Å². The monoisotopic (exact) mass is 408 g/mol. The Hall–Kier alpha value is -3.45. The van der Waals surface area contributed by atoms with Crippen molar-refractivity contribution in [1.29, 1.82) is 0 Å². The number of benzene rings is 2. The third-order valence-electron chi connectivity index (χ3n) is 4.30. The van der Waals surface area contributed by atoms with Gasteiger partial charge >= 0.3 is 5.97 Å². The zero-order chi connectivity index (χ0) is 21.0. The number of carbonyl (C=O) groups is 3. The van der Waals surface area contributed by atoms with Gasteiger partial charge in [0.1, 0.15) is 4.88 Å². The number of anilines is 1. The van der Waals surface area contributed by atoms with E-state index in [0.717, 1.165) is 16.7 Å². The minimum Gasteiger partial charge on any atom is -0.448 e. The number of primary amides is 1. The molecule has 1 unspecified atom stereocenters. The molecule has 0 saturated heterocycles. The molecule has 7 heteroatoms. The Kier molecular flexibility index (Phi) is 6.09. The van der Waals surface area contributed by atoms with E-state index in [4.69, 9.17) is 10.5 Å². The molecule has 0 aliphatic heterocycles. The Labute approximate surface area is 172 Å². The number of thiophene rings is 1. The van der Waals surface area contributed by atoms with Gasteiger partial charge in [-0.15, -0.1) is 11.3 Å². The molecule has 1 aromatic heterocycles. The third-order valence-corrected chi connectivity index (χ3v) is 5.20. The smallest absolute Gasteiger partial charge is 0.349 e. The van der Waals surface area contributed by atoms with Gasteiger partial charge in [-0.05, 0) is 55.1 Å². The number of rotatable bonds is 6. The lowest BCUT2D eigenvalue weighted by atomic mass is 10.1. The molecule has 1 atom stereocenters. The Balaban J connectivity index is 1.66. The van der Waals surface area contributed by atoms with Crippen LogP contribution in [-0.4, -0.2) is 23.9 Å². The molecule has 1 heterocycles. The summed E-state index contributed by atoms with van der Waals surface area (Å²) in [5.74, 6) is -1.58. The predicted molar refractivity (Wildman–Crippen MR) is 113 cm³/mol. The number of aryl methyl sites for hydroxylation is 1. The second-order valence-electron chi connectivity index (χ2n) is 6.51. The minimum atomic E-state index is -0.994. The Morgan fingerprint density at radius 1 is 1.00 bits per heavy atom. The summed E-state index contributed by atoms with van der Waals surface area (Å²) < 4.78 is 5.36. The van der Waals surface area contributed by atoms with E-state index >= 15 is 0 Å². The zero-order valence-corrected chi connectivity index (χ0v) is 16.8. The highest BCUT2D eigenvalue weighted by atomic mass is 32.1. The number of nitrogens with two attached hydrogens (primary N) is 1. The van der Waals surface area contributed by atoms with Crippen LogP contribution in [0.4, 0.5) is 5.69 Å². The van der Waals surface area contributed by atoms with Crippen molar-refractivity contribution in [3.8, 4) is 11.1 Å². The first kappa shape index (κ1) is 20.3. The second kappa shape index (κ2) is 8.70. The molecule has 2 aromatic carbocycles. The van der Waals surface area contributed by atoms with Crippen molar-refractivity contribution in [3.05, 3.63) is 76.0 Å². The van der Waals surface area contributed by atoms with Crippen molar-refractivity contribution < 1.29 is 19.1 Å². The van der Waals surface area contributed by atoms with Crippen molar-refractivity contribution in [3.63, 3.8) is 0 Å². The van der Waals surface area contributed by atoms with Crippen LogP contribution in [0.15, 0.2) is 60.0 Å². The SMILES string of the molecule is Cc1ccc(-c2ccsc2C(=O)OC(C)C(=O)Nc2ccc(C(N)=O)cc2)cc1. The molecule has 3 rings (SSSR count). The van der Waals surface area contributed by atoms with Crippen molar-refractivity contribution in [2.45, 2.75) is 20.0 Å². The summed E-state index contributed by atoms with van der Waals surface area (Å²) in [6.45, 7) is 3.50. The van der Waals surface area contributed by atoms with Crippen molar-refractivity contribution >= 4 is 34.8 Å². The average Bonchev–Trinajstić information content (AvgIpc) is 3.19. The fourth-order valence-electron chi connectivity index (χ4n) is 2.66. The maximum absolute atomic E-state index is 12.6. The quantitative estimate of drug-likeness (QED) is 0.602. The van der Waals surface area contributed by atoms with Crippen LogP contribution in [-0.2, 0) is 9.53 Å². The Morgan fingerprint density at radius 2 is 1.66 bits per heavy atom. The molecule has 0 fully saturated rings. The van der Waals surface area contributed by atoms with E-state index in [1.54, 1.807) is 12.1 Å². The molecule has 29 heavy (non-hydrogen) atoms. The van der Waals surface area contributed by atoms with Crippen molar-refractivity contribution in [2.24, 2.45) is 5.73 Å². The summed E-state index contributed by atoms with van der Waals surface area (Å²) in [5.41, 5.74) is 8.81. The lowest BCUT2D eigenvalue weighted by Gasteiger charge is -2.14. The van der Waals surface area contributed by atoms with Gasteiger partial charge in [-0.1, -0.05) is 29.8 Å². The highest BCUT2D eigenvalue weighted by molar-refractivity contribution is 7.12. The number of ether oxygens (including phenoxy) is 1. The van der Waals surface area contributed by atoms with E-state index < -0.39 is 23.9 Å². The first-order chi connectivity index (χ1) is 13.8. The van der Waals surface area contributed by atoms with Gasteiger partial charge < -0.3 is 15.8 Å². The van der Waals surface area contributed by atoms with Crippen molar-refractivity contribution in [1.82, 2.24) is 0 Å². The zero-order valence-electron chi connectivity index (χ0n) is 16.0. The summed E-state index contributed by atoms with van der Waals surface area (Å²) in [6, 6.07) is 15.8. The number of hydrogen-bond acceptors (Lipinski definition) is 5. The first-order valence-electron chi connectivity index (χ1n) is 8.91. The van der Waals surface area contributed by atoms with Crippen LogP contribution < -0.4 is 11.1 Å². The van der Waals surface area contributed by atoms with Crippen LogP contribution in [0.1, 0.15) is 32.5 Å². The van der Waals surface area contributed by atoms with Gasteiger partial charge in [0.2, 0.25) is 5.91 Å². The summed E-state index contributed by atoms with van der Waals surface area (Å²) >= 11 is 1.27. The fourth-order valence-corrected chi connectivity index (χ4v) is 3.45. The molecule has 0 aliphatic rings. The normalized spacial score (nSPS) is 11.5. The lowest BCUT2D eigenvalue weighted by molar-refractivity contribution is -0.123. The molecule has 148 valence electrons. The molecular formula is C22H20N2O4S. The van der Waals surface area contributed by atoms with E-state index in [-0.39, 0.29) is 0 Å². The highest BCUT2D eigenvalue weighted by Gasteiger charge is 2.22. The maximum atomic E-state index is 12.6. The van der Waals surface area contributed by atoms with E-state index in [1.165, 1.54) is 30.4 Å². The van der Waals surface area contributed by atoms with E-state index in [0.29, 0.717) is 16.1 Å². The first-order valence-corrected chi connectivity index (χ1v) is 9.79. The summed E-state index contributed by atoms with van der Waals surface area (Å²) in [5, 5.41) is 4.46. The second-order valence-corrected chi connectivity index (χ2v) is 7.42. The topological polar surface area (TPSA) is 98.5 Å². The Morgan fingerprint density at radius 3 is 2.28 bits per heavy atom. The van der Waals surface area contributed by atoms with Gasteiger partial charge in [0.25, 0.3) is 5.91 Å². The van der Waals surface area contributed by atoms with E-state index in [9.17, 15) is 14.4 Å². The van der Waals surface area contributed by atoms with Crippen molar-refractivity contribution in [2.75, 3.05) is 5.32 Å². The van der Waals surface area contributed by atoms with Crippen LogP contribution in [0.3, 0.4) is 0 Å². The molecule has 2 amide bonds. The molecule has 0 aliphatic carbocycles. The Bertz CT molecular complexity index is 1040. The van der Waals surface area contributed by atoms with Crippen LogP contribution >= 0.6 is 11.3 Å². The fraction of sp³-hybridized carbons (Fsp3) is 0.136. The molecule has 0 radical (unpaired) electrons. The molecule has 0 spiro atoms. The summed E-state index contributed by atoms with van der Waals surface area (Å²) in [6.07, 6.45) is -0.994. The molecule has 3 N–H and O–H groups in total. The van der Waals surface area contributed by atoms with Crippen LogP contribution in [0.2, 0.25) is 0 Å². The summed E-state index contributed by atoms with van der Waals surface area (Å²) in [4.78, 5) is 36.5. The van der Waals surface area contributed by atoms with Gasteiger partial charge in [0.15, 0.2) is 6.10 Å². The lowest BCUT2D eigenvalue weighted by Crippen LogP contribution is -2.29. The van der Waals surface area contributed by atoms with Gasteiger partial charge in [0.05, 0.1) is 0 Å². The number of carbonyl (C=O) groups excluding carboxylic acids is 3. The standard InChI is InChI=1S/C22H20N2O4S/c1-13-3-5-15(6-4-13)18-11-12-29-19(18)22(27)28-14(2)21(26)24-17-9-7-16(8-10-17)20(23)25/h3-12,14H,1-2H3,(H2,23,25)(H,24,26). The number of nitrogens with one attached hydrogen (secondary N) is 1. The number of amides is 2. The minimum absolute atomic E-state index is 0.337. The molecule has 0 bridgehead atoms. The third kappa shape index (κ3) is 4.89. The summed E-state index contributed by atoms with van der Waals surface area (Å²) in [7, 11) is 0. The van der Waals surface area contributed by atoms with E-state index in [2.05, 4.69) is 5.32 Å². The van der Waals surface area contributed by atoms with Gasteiger partial charge in [-0.25, -0.2) is 4.79 Å². The van der Waals surface area contributed by atoms with E-state index in [1.807, 2.05) is 42.6 Å². The highest BCUT2D eigenvalue weighted by Crippen LogP contribution is 2.29. The molecule has 3 aromatic rings. The average molecular weight is 408 g/mol. The van der Waals surface area contributed by atoms with Crippen LogP contribution in [0.25, 0.3) is 11.1 Å². The van der Waals surface area contributed by atoms with Crippen LogP contribution in [0.5, 0.6) is 0 Å². The molecular weight excluding hydrogens is 388 g/mol. The molecule has 0 saturated carbocycles. The maximum Gasteiger partial charge on any atom is 0.349 e. The van der Waals surface area contributed by atoms with Gasteiger partial charge in [0, 0.05) is 16.8 Å². The van der Waals surface area contributed by atoms with Gasteiger partial charge in [-0.3, -0.25) is 9.59 Å². The predicted octanol–water partition coefficient (Wildman–Crippen LogP) is 4.01. The number of esters is 1. The number of hydrogen-bond donors (Lipinski definition) is 2. The van der Waals surface area contributed by atoms with Gasteiger partial charge in [-0.2, -0.15) is 0 Å². The largest absolute Gasteiger partial charge is 0.448 e. The molecule has 6 nitrogen and oxygen atoms in total.